The molecule has 1 fully saturated rings. The number of carbonyl (C=O) groups is 1. The van der Waals surface area contributed by atoms with Gasteiger partial charge in [0, 0.05) is 30.8 Å². The number of likely N-dealkylation sites (tertiary alicyclic amines) is 1. The highest BCUT2D eigenvalue weighted by molar-refractivity contribution is 5.97. The second-order valence-corrected chi connectivity index (χ2v) is 8.45. The highest BCUT2D eigenvalue weighted by Gasteiger charge is 2.26. The quantitative estimate of drug-likeness (QED) is 0.536. The Bertz CT molecular complexity index is 1170. The van der Waals surface area contributed by atoms with Crippen molar-refractivity contribution in [3.8, 4) is 17.5 Å². The van der Waals surface area contributed by atoms with E-state index in [2.05, 4.69) is 26.6 Å². The first kappa shape index (κ1) is 22.5. The van der Waals surface area contributed by atoms with Gasteiger partial charge in [0.25, 0.3) is 5.91 Å². The maximum atomic E-state index is 13.4. The maximum Gasteiger partial charge on any atom is 0.254 e. The molecule has 1 aromatic heterocycles. The van der Waals surface area contributed by atoms with Crippen molar-refractivity contribution in [1.82, 2.24) is 20.1 Å². The van der Waals surface area contributed by atoms with Crippen molar-refractivity contribution in [3.05, 3.63) is 64.2 Å². The van der Waals surface area contributed by atoms with Crippen LogP contribution in [0.2, 0.25) is 0 Å². The first-order chi connectivity index (χ1) is 16.0. The smallest absolute Gasteiger partial charge is 0.254 e. The summed E-state index contributed by atoms with van der Waals surface area (Å²) >= 11 is 0. The molecule has 1 amide bonds. The number of aliphatic hydroxyl groups excluding tert-OH is 1. The highest BCUT2D eigenvalue weighted by atomic mass is 16.3. The van der Waals surface area contributed by atoms with Gasteiger partial charge in [0.2, 0.25) is 5.95 Å². The van der Waals surface area contributed by atoms with Crippen molar-refractivity contribution in [2.24, 2.45) is 0 Å². The van der Waals surface area contributed by atoms with Crippen LogP contribution in [0.15, 0.2) is 36.4 Å². The molecule has 0 aliphatic carbocycles. The molecule has 2 heterocycles. The molecule has 0 saturated carbocycles. The summed E-state index contributed by atoms with van der Waals surface area (Å²) in [6.45, 7) is 5.72. The molecule has 1 aliphatic rings. The second kappa shape index (κ2) is 9.84. The van der Waals surface area contributed by atoms with Crippen molar-refractivity contribution in [2.75, 3.05) is 31.6 Å². The van der Waals surface area contributed by atoms with E-state index in [-0.39, 0.29) is 12.5 Å². The van der Waals surface area contributed by atoms with Crippen LogP contribution in [-0.4, -0.2) is 57.3 Å². The van der Waals surface area contributed by atoms with E-state index in [1.54, 1.807) is 0 Å². The molecule has 0 atom stereocenters. The number of piperidine rings is 1. The van der Waals surface area contributed by atoms with E-state index in [4.69, 9.17) is 10.4 Å². The third-order valence-electron chi connectivity index (χ3n) is 6.24. The van der Waals surface area contributed by atoms with E-state index in [0.717, 1.165) is 29.5 Å². The van der Waals surface area contributed by atoms with Crippen LogP contribution < -0.4 is 5.32 Å². The van der Waals surface area contributed by atoms with Crippen LogP contribution in [0.3, 0.4) is 0 Å². The molecule has 4 rings (SSSR count). The lowest BCUT2D eigenvalue weighted by molar-refractivity contribution is 0.0712. The van der Waals surface area contributed by atoms with Gasteiger partial charge in [-0.2, -0.15) is 5.26 Å². The molecule has 3 aromatic rings. The summed E-state index contributed by atoms with van der Waals surface area (Å²) in [6.07, 6.45) is 1.80. The van der Waals surface area contributed by atoms with E-state index in [0.29, 0.717) is 48.5 Å². The molecule has 0 spiro atoms. The van der Waals surface area contributed by atoms with Crippen LogP contribution in [0, 0.1) is 25.2 Å². The summed E-state index contributed by atoms with van der Waals surface area (Å²) in [5.74, 6) is 1.50. The fourth-order valence-corrected chi connectivity index (χ4v) is 4.39. The Balaban J connectivity index is 1.48. The zero-order valence-corrected chi connectivity index (χ0v) is 18.9. The Kier molecular flexibility index (Phi) is 6.71. The van der Waals surface area contributed by atoms with E-state index < -0.39 is 0 Å². The monoisotopic (exact) mass is 444 g/mol. The molecule has 33 heavy (non-hydrogen) atoms. The standard InChI is InChI=1S/C25H28N6O2/c1-16-13-17(2)22(14-21(16)23-28-25(30-29-23)27-9-12-32)24(33)31-10-7-20(8-11-31)19-5-3-18(15-26)4-6-19/h3-6,13-14,20,32H,7-12H2,1-2H3,(H2,27,28,29,30). The highest BCUT2D eigenvalue weighted by Crippen LogP contribution is 2.30. The number of aryl methyl sites for hydroxylation is 2. The van der Waals surface area contributed by atoms with Gasteiger partial charge in [0.05, 0.1) is 18.2 Å². The van der Waals surface area contributed by atoms with E-state index in [1.165, 1.54) is 5.56 Å². The van der Waals surface area contributed by atoms with Gasteiger partial charge in [-0.05, 0) is 67.5 Å². The second-order valence-electron chi connectivity index (χ2n) is 8.45. The molecular weight excluding hydrogens is 416 g/mol. The van der Waals surface area contributed by atoms with Crippen LogP contribution in [0.25, 0.3) is 11.4 Å². The molecule has 3 N–H and O–H groups in total. The molecule has 170 valence electrons. The van der Waals surface area contributed by atoms with E-state index in [1.807, 2.05) is 55.1 Å². The van der Waals surface area contributed by atoms with Crippen LogP contribution in [-0.2, 0) is 0 Å². The fraction of sp³-hybridized carbons (Fsp3) is 0.360. The van der Waals surface area contributed by atoms with Gasteiger partial charge >= 0.3 is 0 Å². The zero-order valence-electron chi connectivity index (χ0n) is 18.9. The number of aromatic nitrogens is 3. The molecule has 8 heteroatoms. The minimum Gasteiger partial charge on any atom is -0.395 e. The van der Waals surface area contributed by atoms with Gasteiger partial charge in [0.15, 0.2) is 5.82 Å². The minimum absolute atomic E-state index is 0.000111. The lowest BCUT2D eigenvalue weighted by atomic mass is 9.88. The Morgan fingerprint density at radius 1 is 1.18 bits per heavy atom. The molecule has 8 nitrogen and oxygen atoms in total. The molecule has 1 aliphatic heterocycles. The average Bonchev–Trinajstić information content (AvgIpc) is 3.31. The maximum absolute atomic E-state index is 13.4. The summed E-state index contributed by atoms with van der Waals surface area (Å²) < 4.78 is 0. The van der Waals surface area contributed by atoms with Gasteiger partial charge in [-0.25, -0.2) is 0 Å². The number of H-pyrrole nitrogens is 1. The zero-order chi connectivity index (χ0) is 23.4. The molecular formula is C25H28N6O2. The number of carbonyl (C=O) groups excluding carboxylic acids is 1. The largest absolute Gasteiger partial charge is 0.395 e. The first-order valence-electron chi connectivity index (χ1n) is 11.2. The molecule has 2 aromatic carbocycles. The van der Waals surface area contributed by atoms with Crippen LogP contribution in [0.1, 0.15) is 51.4 Å². The predicted molar refractivity (Wildman–Crippen MR) is 126 cm³/mol. The SMILES string of the molecule is Cc1cc(C)c(-c2nnc(NCCO)[nH]2)cc1C(=O)N1CCC(c2ccc(C#N)cc2)CC1. The number of aliphatic hydroxyl groups is 1. The van der Waals surface area contributed by atoms with Gasteiger partial charge in [0.1, 0.15) is 0 Å². The normalized spacial score (nSPS) is 14.2. The Labute approximate surface area is 193 Å². The predicted octanol–water partition coefficient (Wildman–Crippen LogP) is 3.38. The number of nitrogens with one attached hydrogen (secondary N) is 2. The number of nitriles is 1. The number of rotatable bonds is 6. The summed E-state index contributed by atoms with van der Waals surface area (Å²) in [4.78, 5) is 18.4. The summed E-state index contributed by atoms with van der Waals surface area (Å²) in [7, 11) is 0. The number of aromatic amines is 1. The molecule has 0 unspecified atom stereocenters. The number of anilines is 1. The van der Waals surface area contributed by atoms with Crippen LogP contribution >= 0.6 is 0 Å². The van der Waals surface area contributed by atoms with Crippen molar-refractivity contribution >= 4 is 11.9 Å². The minimum atomic E-state index is 0.000111. The summed E-state index contributed by atoms with van der Waals surface area (Å²) in [6, 6.07) is 13.8. The average molecular weight is 445 g/mol. The summed E-state index contributed by atoms with van der Waals surface area (Å²) in [5, 5.41) is 29.2. The molecule has 1 saturated heterocycles. The first-order valence-corrected chi connectivity index (χ1v) is 11.2. The number of hydrogen-bond donors (Lipinski definition) is 3. The van der Waals surface area contributed by atoms with Gasteiger partial charge < -0.3 is 20.3 Å². The Hall–Kier alpha value is -3.70. The Morgan fingerprint density at radius 3 is 2.58 bits per heavy atom. The van der Waals surface area contributed by atoms with Crippen LogP contribution in [0.5, 0.6) is 0 Å². The lowest BCUT2D eigenvalue weighted by Gasteiger charge is -2.32. The summed E-state index contributed by atoms with van der Waals surface area (Å²) in [5.41, 5.74) is 5.35. The fourth-order valence-electron chi connectivity index (χ4n) is 4.39. The van der Waals surface area contributed by atoms with Crippen molar-refractivity contribution in [1.29, 1.82) is 5.26 Å². The molecule has 0 radical (unpaired) electrons. The topological polar surface area (TPSA) is 118 Å². The van der Waals surface area contributed by atoms with Crippen molar-refractivity contribution in [2.45, 2.75) is 32.6 Å². The third-order valence-corrected chi connectivity index (χ3v) is 6.24. The number of benzene rings is 2. The van der Waals surface area contributed by atoms with E-state index in [9.17, 15) is 4.79 Å². The third kappa shape index (κ3) is 4.89. The van der Waals surface area contributed by atoms with Gasteiger partial charge in [-0.3, -0.25) is 4.79 Å². The lowest BCUT2D eigenvalue weighted by Crippen LogP contribution is -2.38. The number of nitrogens with zero attached hydrogens (tertiary/aromatic N) is 4. The van der Waals surface area contributed by atoms with Gasteiger partial charge in [-0.1, -0.05) is 18.2 Å². The van der Waals surface area contributed by atoms with Crippen molar-refractivity contribution in [3.63, 3.8) is 0 Å². The van der Waals surface area contributed by atoms with Crippen LogP contribution in [0.4, 0.5) is 5.95 Å². The van der Waals surface area contributed by atoms with Gasteiger partial charge in [-0.15, -0.1) is 10.2 Å². The van der Waals surface area contributed by atoms with Crippen molar-refractivity contribution < 1.29 is 9.90 Å². The molecule has 0 bridgehead atoms. The number of amides is 1. The Morgan fingerprint density at radius 2 is 1.91 bits per heavy atom. The number of hydrogen-bond acceptors (Lipinski definition) is 6. The van der Waals surface area contributed by atoms with E-state index >= 15 is 0 Å².